The molecule has 0 spiro atoms. The Morgan fingerprint density at radius 1 is 1.03 bits per heavy atom. The third-order valence-electron chi connectivity index (χ3n) is 3.71. The Labute approximate surface area is 187 Å². The average Bonchev–Trinajstić information content (AvgIpc) is 2.73. The van der Waals surface area contributed by atoms with E-state index in [1.54, 1.807) is 37.3 Å². The summed E-state index contributed by atoms with van der Waals surface area (Å²) >= 11 is 8.35. The summed E-state index contributed by atoms with van der Waals surface area (Å²) in [5.41, 5.74) is 6.55. The van der Waals surface area contributed by atoms with Crippen molar-refractivity contribution in [2.24, 2.45) is 0 Å². The topological polar surface area (TPSA) is 106 Å². The van der Waals surface area contributed by atoms with E-state index < -0.39 is 17.8 Å². The van der Waals surface area contributed by atoms with E-state index >= 15 is 0 Å². The molecule has 0 radical (unpaired) electrons. The highest BCUT2D eigenvalue weighted by molar-refractivity contribution is 9.10. The van der Waals surface area contributed by atoms with Gasteiger partial charge in [0.2, 0.25) is 0 Å². The van der Waals surface area contributed by atoms with Crippen LogP contribution in [-0.4, -0.2) is 36.1 Å². The Morgan fingerprint density at radius 2 is 1.70 bits per heavy atom. The minimum atomic E-state index is -0.515. The summed E-state index contributed by atoms with van der Waals surface area (Å²) in [7, 11) is 0. The first-order chi connectivity index (χ1) is 14.3. The van der Waals surface area contributed by atoms with Crippen molar-refractivity contribution in [3.8, 4) is 5.75 Å². The van der Waals surface area contributed by atoms with Gasteiger partial charge in [0.1, 0.15) is 5.75 Å². The van der Waals surface area contributed by atoms with Crippen LogP contribution in [0.25, 0.3) is 0 Å². The molecule has 0 fully saturated rings. The molecule has 8 nitrogen and oxygen atoms in total. The van der Waals surface area contributed by atoms with Crippen molar-refractivity contribution in [1.82, 2.24) is 16.2 Å². The van der Waals surface area contributed by atoms with Gasteiger partial charge in [-0.25, -0.2) is 4.79 Å². The number of halogens is 1. The van der Waals surface area contributed by atoms with Crippen LogP contribution in [0.5, 0.6) is 5.75 Å². The van der Waals surface area contributed by atoms with Gasteiger partial charge in [0.15, 0.2) is 11.7 Å². The van der Waals surface area contributed by atoms with E-state index in [1.165, 1.54) is 12.1 Å². The van der Waals surface area contributed by atoms with E-state index in [9.17, 15) is 14.4 Å². The third kappa shape index (κ3) is 7.12. The van der Waals surface area contributed by atoms with Crippen molar-refractivity contribution in [3.05, 3.63) is 63.6 Å². The number of carbonyl (C=O) groups is 3. The van der Waals surface area contributed by atoms with Crippen LogP contribution >= 0.6 is 28.1 Å². The van der Waals surface area contributed by atoms with Crippen LogP contribution in [0, 0.1) is 6.92 Å². The molecule has 3 N–H and O–H groups in total. The van der Waals surface area contributed by atoms with Gasteiger partial charge in [0.25, 0.3) is 11.8 Å². The van der Waals surface area contributed by atoms with Gasteiger partial charge in [-0.1, -0.05) is 22.0 Å². The SMILES string of the molecule is CCOC(=O)c1ccc(OCC(=O)NNC(=S)NC(=O)c2ccc(C)c(Br)c2)cc1. The predicted molar refractivity (Wildman–Crippen MR) is 118 cm³/mol. The second-order valence-electron chi connectivity index (χ2n) is 5.95. The fourth-order valence-corrected chi connectivity index (χ4v) is 2.68. The molecule has 0 heterocycles. The lowest BCUT2D eigenvalue weighted by Gasteiger charge is -2.12. The zero-order chi connectivity index (χ0) is 22.1. The smallest absolute Gasteiger partial charge is 0.338 e. The van der Waals surface area contributed by atoms with Crippen LogP contribution < -0.4 is 20.9 Å². The summed E-state index contributed by atoms with van der Waals surface area (Å²) in [6.07, 6.45) is 0. The van der Waals surface area contributed by atoms with E-state index in [0.29, 0.717) is 16.9 Å². The maximum absolute atomic E-state index is 12.2. The van der Waals surface area contributed by atoms with Gasteiger partial charge in [-0.05, 0) is 68.0 Å². The fourth-order valence-electron chi connectivity index (χ4n) is 2.15. The van der Waals surface area contributed by atoms with E-state index in [0.717, 1.165) is 10.0 Å². The van der Waals surface area contributed by atoms with Gasteiger partial charge in [-0.3, -0.25) is 25.8 Å². The number of hydrogen-bond donors (Lipinski definition) is 3. The van der Waals surface area contributed by atoms with E-state index in [2.05, 4.69) is 32.1 Å². The summed E-state index contributed by atoms with van der Waals surface area (Å²) in [6.45, 7) is 3.62. The van der Waals surface area contributed by atoms with E-state index in [1.807, 2.05) is 6.92 Å². The van der Waals surface area contributed by atoms with Crippen molar-refractivity contribution in [2.45, 2.75) is 13.8 Å². The molecule has 0 aliphatic rings. The maximum Gasteiger partial charge on any atom is 0.338 e. The van der Waals surface area contributed by atoms with E-state index in [4.69, 9.17) is 21.7 Å². The van der Waals surface area contributed by atoms with Gasteiger partial charge in [-0.15, -0.1) is 0 Å². The summed E-state index contributed by atoms with van der Waals surface area (Å²) in [5, 5.41) is 2.39. The number of carbonyl (C=O) groups excluding carboxylic acids is 3. The Kier molecular flexibility index (Phi) is 8.75. The second kappa shape index (κ2) is 11.3. The molecule has 2 aromatic carbocycles. The lowest BCUT2D eigenvalue weighted by atomic mass is 10.1. The van der Waals surface area contributed by atoms with Crippen LogP contribution in [-0.2, 0) is 9.53 Å². The molecular formula is C20H20BrN3O5S. The molecule has 30 heavy (non-hydrogen) atoms. The number of benzene rings is 2. The Morgan fingerprint density at radius 3 is 2.33 bits per heavy atom. The lowest BCUT2D eigenvalue weighted by Crippen LogP contribution is -2.49. The zero-order valence-corrected chi connectivity index (χ0v) is 18.7. The average molecular weight is 494 g/mol. The Bertz CT molecular complexity index is 950. The number of thiocarbonyl (C=S) groups is 1. The standard InChI is InChI=1S/C20H20BrN3O5S/c1-3-28-19(27)13-6-8-15(9-7-13)29-11-17(25)23-24-20(30)22-18(26)14-5-4-12(2)16(21)10-14/h4-10H,3,11H2,1-2H3,(H,23,25)(H2,22,24,26,30). The first-order valence-corrected chi connectivity index (χ1v) is 10.1. The molecule has 0 saturated heterocycles. The van der Waals surface area contributed by atoms with Crippen LogP contribution in [0.4, 0.5) is 0 Å². The molecule has 2 rings (SSSR count). The Hall–Kier alpha value is -2.98. The monoisotopic (exact) mass is 493 g/mol. The fraction of sp³-hybridized carbons (Fsp3) is 0.200. The quantitative estimate of drug-likeness (QED) is 0.322. The van der Waals surface area contributed by atoms with Gasteiger partial charge in [0.05, 0.1) is 12.2 Å². The summed E-state index contributed by atoms with van der Waals surface area (Å²) in [5.74, 6) is -0.960. The molecule has 10 heteroatoms. The first-order valence-electron chi connectivity index (χ1n) is 8.86. The van der Waals surface area contributed by atoms with Crippen molar-refractivity contribution in [3.63, 3.8) is 0 Å². The van der Waals surface area contributed by atoms with Crippen LogP contribution in [0.2, 0.25) is 0 Å². The van der Waals surface area contributed by atoms with Crippen LogP contribution in [0.1, 0.15) is 33.2 Å². The predicted octanol–water partition coefficient (Wildman–Crippen LogP) is 2.65. The molecule has 0 bridgehead atoms. The Balaban J connectivity index is 1.74. The molecule has 0 aromatic heterocycles. The van der Waals surface area contributed by atoms with Crippen molar-refractivity contribution in [2.75, 3.05) is 13.2 Å². The number of esters is 1. The highest BCUT2D eigenvalue weighted by Crippen LogP contribution is 2.17. The first kappa shape index (κ1) is 23.3. The summed E-state index contributed by atoms with van der Waals surface area (Å²) in [6, 6.07) is 11.3. The largest absolute Gasteiger partial charge is 0.484 e. The molecule has 0 aliphatic heterocycles. The molecule has 0 saturated carbocycles. The third-order valence-corrected chi connectivity index (χ3v) is 4.77. The molecule has 0 atom stereocenters. The highest BCUT2D eigenvalue weighted by atomic mass is 79.9. The van der Waals surface area contributed by atoms with Crippen molar-refractivity contribution >= 4 is 51.0 Å². The zero-order valence-electron chi connectivity index (χ0n) is 16.3. The van der Waals surface area contributed by atoms with Gasteiger partial charge < -0.3 is 9.47 Å². The van der Waals surface area contributed by atoms with Crippen LogP contribution in [0.3, 0.4) is 0 Å². The van der Waals surface area contributed by atoms with Crippen molar-refractivity contribution in [1.29, 1.82) is 0 Å². The van der Waals surface area contributed by atoms with Crippen LogP contribution in [0.15, 0.2) is 46.9 Å². The highest BCUT2D eigenvalue weighted by Gasteiger charge is 2.11. The summed E-state index contributed by atoms with van der Waals surface area (Å²) in [4.78, 5) is 35.6. The van der Waals surface area contributed by atoms with Gasteiger partial charge >= 0.3 is 5.97 Å². The number of nitrogens with one attached hydrogen (secondary N) is 3. The second-order valence-corrected chi connectivity index (χ2v) is 7.22. The molecular weight excluding hydrogens is 474 g/mol. The molecule has 0 unspecified atom stereocenters. The summed E-state index contributed by atoms with van der Waals surface area (Å²) < 4.78 is 11.0. The van der Waals surface area contributed by atoms with E-state index in [-0.39, 0.29) is 18.3 Å². The van der Waals surface area contributed by atoms with Gasteiger partial charge in [-0.2, -0.15) is 0 Å². The number of rotatable bonds is 6. The molecule has 2 aromatic rings. The normalized spacial score (nSPS) is 9.97. The number of aryl methyl sites for hydroxylation is 1. The number of hydrazine groups is 1. The minimum absolute atomic E-state index is 0.0659. The molecule has 158 valence electrons. The lowest BCUT2D eigenvalue weighted by molar-refractivity contribution is -0.123. The number of ether oxygens (including phenoxy) is 2. The minimum Gasteiger partial charge on any atom is -0.484 e. The molecule has 0 aliphatic carbocycles. The maximum atomic E-state index is 12.2. The van der Waals surface area contributed by atoms with Gasteiger partial charge in [0, 0.05) is 10.0 Å². The number of amides is 2. The molecule has 2 amide bonds. The van der Waals surface area contributed by atoms with Crippen molar-refractivity contribution < 1.29 is 23.9 Å². The number of hydrogen-bond acceptors (Lipinski definition) is 6.